The summed E-state index contributed by atoms with van der Waals surface area (Å²) in [6.07, 6.45) is 0. The Labute approximate surface area is 166 Å². The predicted molar refractivity (Wildman–Crippen MR) is 115 cm³/mol. The fourth-order valence-corrected chi connectivity index (χ4v) is 3.68. The third-order valence-electron chi connectivity index (χ3n) is 6.07. The smallest absolute Gasteiger partial charge is 0.456 e. The number of hydrogen-bond donors (Lipinski definition) is 0. The molecule has 1 aliphatic rings. The van der Waals surface area contributed by atoms with Gasteiger partial charge in [-0.05, 0) is 62.5 Å². The molecule has 0 bridgehead atoms. The predicted octanol–water partition coefficient (Wildman–Crippen LogP) is 5.55. The third kappa shape index (κ3) is 2.68. The van der Waals surface area contributed by atoms with E-state index in [0.29, 0.717) is 6.04 Å². The molecule has 0 N–H and O–H groups in total. The summed E-state index contributed by atoms with van der Waals surface area (Å²) in [7, 11) is -0.392. The molecule has 1 saturated heterocycles. The molecule has 5 rings (SSSR count). The van der Waals surface area contributed by atoms with Gasteiger partial charge in [0.2, 0.25) is 0 Å². The summed E-state index contributed by atoms with van der Waals surface area (Å²) in [5.74, 6) is 0. The quantitative estimate of drug-likeness (QED) is 0.433. The number of furan rings is 1. The van der Waals surface area contributed by atoms with Gasteiger partial charge < -0.3 is 13.7 Å². The minimum atomic E-state index is -0.392. The number of benzene rings is 3. The molecule has 28 heavy (non-hydrogen) atoms. The van der Waals surface area contributed by atoms with E-state index in [9.17, 15) is 0 Å². The first-order valence-corrected chi connectivity index (χ1v) is 9.62. The van der Waals surface area contributed by atoms with Crippen molar-refractivity contribution < 1.29 is 15.1 Å². The van der Waals surface area contributed by atoms with Crippen molar-refractivity contribution in [1.82, 2.24) is 0 Å². The third-order valence-corrected chi connectivity index (χ3v) is 6.07. The highest BCUT2D eigenvalue weighted by Crippen LogP contribution is 2.37. The SMILES string of the molecule is [2H]c1ccc(-c2ccc3c(c2)oc2ccc(B4OC(C)(C)C(C)(C)O4)cc23)cc1. The molecule has 1 aliphatic heterocycles. The van der Waals surface area contributed by atoms with Crippen molar-refractivity contribution in [2.45, 2.75) is 38.9 Å². The second kappa shape index (κ2) is 5.97. The highest BCUT2D eigenvalue weighted by Gasteiger charge is 2.51. The van der Waals surface area contributed by atoms with Crippen molar-refractivity contribution in [1.29, 1.82) is 0 Å². The molecule has 3 aromatic carbocycles. The van der Waals surface area contributed by atoms with Crippen molar-refractivity contribution in [3.8, 4) is 11.1 Å². The maximum atomic E-state index is 7.66. The zero-order chi connectivity index (χ0) is 20.4. The lowest BCUT2D eigenvalue weighted by Crippen LogP contribution is -2.41. The van der Waals surface area contributed by atoms with Crippen LogP contribution in [0.4, 0.5) is 0 Å². The van der Waals surface area contributed by atoms with E-state index in [2.05, 4.69) is 52.0 Å². The van der Waals surface area contributed by atoms with Gasteiger partial charge >= 0.3 is 7.12 Å². The summed E-state index contributed by atoms with van der Waals surface area (Å²) in [5, 5.41) is 2.12. The van der Waals surface area contributed by atoms with Gasteiger partial charge in [0.05, 0.1) is 12.6 Å². The Balaban J connectivity index is 1.56. The maximum absolute atomic E-state index is 7.66. The van der Waals surface area contributed by atoms with Gasteiger partial charge in [0.25, 0.3) is 0 Å². The van der Waals surface area contributed by atoms with Gasteiger partial charge in [-0.2, -0.15) is 0 Å². The number of rotatable bonds is 2. The molecule has 3 nitrogen and oxygen atoms in total. The van der Waals surface area contributed by atoms with Crippen LogP contribution in [0.3, 0.4) is 0 Å². The first kappa shape index (κ1) is 16.4. The first-order valence-electron chi connectivity index (χ1n) is 10.1. The average Bonchev–Trinajstić information content (AvgIpc) is 3.14. The van der Waals surface area contributed by atoms with E-state index in [-0.39, 0.29) is 11.2 Å². The molecule has 4 heteroatoms. The van der Waals surface area contributed by atoms with Crippen LogP contribution in [0, 0.1) is 0 Å². The lowest BCUT2D eigenvalue weighted by atomic mass is 9.78. The summed E-state index contributed by atoms with van der Waals surface area (Å²) in [6, 6.07) is 20.4. The molecule has 0 unspecified atom stereocenters. The van der Waals surface area contributed by atoms with E-state index in [1.807, 2.05) is 24.3 Å². The van der Waals surface area contributed by atoms with E-state index in [1.165, 1.54) is 0 Å². The molecule has 0 aliphatic carbocycles. The molecule has 1 fully saturated rings. The Morgan fingerprint density at radius 1 is 0.750 bits per heavy atom. The largest absolute Gasteiger partial charge is 0.494 e. The second-order valence-electron chi connectivity index (χ2n) is 8.45. The zero-order valence-electron chi connectivity index (χ0n) is 17.6. The van der Waals surface area contributed by atoms with Gasteiger partial charge in [0.1, 0.15) is 11.2 Å². The van der Waals surface area contributed by atoms with Gasteiger partial charge in [-0.3, -0.25) is 0 Å². The van der Waals surface area contributed by atoms with Crippen LogP contribution >= 0.6 is 0 Å². The maximum Gasteiger partial charge on any atom is 0.494 e. The molecule has 0 amide bonds. The Morgan fingerprint density at radius 2 is 1.46 bits per heavy atom. The number of hydrogen-bond acceptors (Lipinski definition) is 3. The van der Waals surface area contributed by atoms with Gasteiger partial charge in [-0.15, -0.1) is 0 Å². The van der Waals surface area contributed by atoms with Gasteiger partial charge in [-0.25, -0.2) is 0 Å². The van der Waals surface area contributed by atoms with Gasteiger partial charge in [0.15, 0.2) is 0 Å². The Hall–Kier alpha value is -2.56. The van der Waals surface area contributed by atoms with Crippen LogP contribution in [0.1, 0.15) is 29.1 Å². The van der Waals surface area contributed by atoms with Crippen LogP contribution in [0.15, 0.2) is 71.1 Å². The van der Waals surface area contributed by atoms with E-state index in [4.69, 9.17) is 15.1 Å². The highest BCUT2D eigenvalue weighted by molar-refractivity contribution is 6.62. The first-order chi connectivity index (χ1) is 13.7. The molecule has 1 aromatic heterocycles. The molecule has 2 heterocycles. The fraction of sp³-hybridized carbons (Fsp3) is 0.250. The summed E-state index contributed by atoms with van der Waals surface area (Å²) >= 11 is 0. The van der Waals surface area contributed by atoms with Gasteiger partial charge in [-0.1, -0.05) is 48.5 Å². The Bertz CT molecular complexity index is 1210. The zero-order valence-corrected chi connectivity index (χ0v) is 16.6. The van der Waals surface area contributed by atoms with Gasteiger partial charge in [0, 0.05) is 10.8 Å². The van der Waals surface area contributed by atoms with Crippen molar-refractivity contribution in [2.75, 3.05) is 0 Å². The molecule has 4 aromatic rings. The van der Waals surface area contributed by atoms with Crippen LogP contribution in [0.2, 0.25) is 0 Å². The van der Waals surface area contributed by atoms with Crippen molar-refractivity contribution in [2.24, 2.45) is 0 Å². The van der Waals surface area contributed by atoms with E-state index in [0.717, 1.165) is 38.5 Å². The topological polar surface area (TPSA) is 31.6 Å². The lowest BCUT2D eigenvalue weighted by Gasteiger charge is -2.32. The van der Waals surface area contributed by atoms with E-state index >= 15 is 0 Å². The normalized spacial score (nSPS) is 18.7. The standard InChI is InChI=1S/C24H23BO3/c1-23(2)24(3,4)28-25(27-23)18-11-13-21-20(15-18)19-12-10-17(14-22(19)26-21)16-8-6-5-7-9-16/h5-15H,1-4H3/i5D. The molecule has 0 radical (unpaired) electrons. The minimum Gasteiger partial charge on any atom is -0.456 e. The molecule has 0 saturated carbocycles. The van der Waals surface area contributed by atoms with Crippen molar-refractivity contribution in [3.05, 3.63) is 66.7 Å². The highest BCUT2D eigenvalue weighted by atomic mass is 16.7. The molecular formula is C24H23BO3. The molecular weight excluding hydrogens is 347 g/mol. The minimum absolute atomic E-state index is 0.366. The number of fused-ring (bicyclic) bond motifs is 3. The van der Waals surface area contributed by atoms with Crippen LogP contribution in [-0.2, 0) is 9.31 Å². The van der Waals surface area contributed by atoms with Crippen LogP contribution in [0.25, 0.3) is 33.1 Å². The Kier molecular flexibility index (Phi) is 3.50. The lowest BCUT2D eigenvalue weighted by molar-refractivity contribution is 0.00578. The Morgan fingerprint density at radius 3 is 2.18 bits per heavy atom. The second-order valence-corrected chi connectivity index (χ2v) is 8.45. The van der Waals surface area contributed by atoms with E-state index < -0.39 is 7.12 Å². The van der Waals surface area contributed by atoms with Crippen molar-refractivity contribution >= 4 is 34.5 Å². The van der Waals surface area contributed by atoms with Crippen molar-refractivity contribution in [3.63, 3.8) is 0 Å². The monoisotopic (exact) mass is 371 g/mol. The summed E-state index contributed by atoms with van der Waals surface area (Å²) in [4.78, 5) is 0. The summed E-state index contributed by atoms with van der Waals surface area (Å²) < 4.78 is 26.2. The van der Waals surface area contributed by atoms with Crippen LogP contribution in [0.5, 0.6) is 0 Å². The summed E-state index contributed by atoms with van der Waals surface area (Å²) in [5.41, 5.74) is 4.10. The summed E-state index contributed by atoms with van der Waals surface area (Å²) in [6.45, 7) is 8.25. The van der Waals surface area contributed by atoms with Crippen LogP contribution < -0.4 is 5.46 Å². The molecule has 0 atom stereocenters. The fourth-order valence-electron chi connectivity index (χ4n) is 3.68. The molecule has 140 valence electrons. The van der Waals surface area contributed by atoms with E-state index in [1.54, 1.807) is 12.1 Å². The van der Waals surface area contributed by atoms with Crippen LogP contribution in [-0.4, -0.2) is 18.3 Å². The molecule has 0 spiro atoms. The average molecular weight is 371 g/mol.